The van der Waals surface area contributed by atoms with Gasteiger partial charge in [-0.25, -0.2) is 0 Å². The summed E-state index contributed by atoms with van der Waals surface area (Å²) < 4.78 is 0. The summed E-state index contributed by atoms with van der Waals surface area (Å²) in [6.45, 7) is 1.73. The van der Waals surface area contributed by atoms with Crippen molar-refractivity contribution in [2.24, 2.45) is 0 Å². The zero-order chi connectivity index (χ0) is 20.1. The van der Waals surface area contributed by atoms with Gasteiger partial charge in [0.25, 0.3) is 12.4 Å². The topological polar surface area (TPSA) is 89.5 Å². The van der Waals surface area contributed by atoms with Gasteiger partial charge in [-0.05, 0) is 38.2 Å². The summed E-state index contributed by atoms with van der Waals surface area (Å²) in [5.74, 6) is 0.0713. The fourth-order valence-electron chi connectivity index (χ4n) is 3.58. The molecule has 1 amide bonds. The quantitative estimate of drug-likeness (QED) is 0.682. The number of carboxylic acid groups (broad SMARTS) is 1. The Morgan fingerprint density at radius 1 is 1.29 bits per heavy atom. The molecule has 1 saturated heterocycles. The van der Waals surface area contributed by atoms with Crippen LogP contribution in [0.15, 0.2) is 48.5 Å². The number of carbonyl (C=O) groups excluding carboxylic acids is 1. The second-order valence-electron chi connectivity index (χ2n) is 6.92. The number of nitrogens with zero attached hydrogens (tertiary/aromatic N) is 3. The largest absolute Gasteiger partial charge is 0.483 e. The molecule has 1 aromatic heterocycles. The number of H-pyrrole nitrogens is 1. The van der Waals surface area contributed by atoms with Crippen LogP contribution in [0.5, 0.6) is 0 Å². The first-order valence-corrected chi connectivity index (χ1v) is 9.12. The number of rotatable bonds is 3. The number of aromatic nitrogens is 2. The number of likely N-dealkylation sites (N-methyl/N-ethyl adjacent to an activating group) is 2. The predicted octanol–water partition coefficient (Wildman–Crippen LogP) is 2.71. The van der Waals surface area contributed by atoms with Crippen molar-refractivity contribution in [3.05, 3.63) is 54.1 Å². The zero-order valence-electron chi connectivity index (χ0n) is 16.0. The van der Waals surface area contributed by atoms with Crippen molar-refractivity contribution in [2.45, 2.75) is 12.5 Å². The number of hydrogen-bond donors (Lipinski definition) is 2. The molecule has 1 fully saturated rings. The molecule has 2 heterocycles. The zero-order valence-corrected chi connectivity index (χ0v) is 16.0. The lowest BCUT2D eigenvalue weighted by Gasteiger charge is -2.24. The Morgan fingerprint density at radius 2 is 2.04 bits per heavy atom. The number of para-hydroxylation sites is 1. The van der Waals surface area contributed by atoms with Gasteiger partial charge in [-0.3, -0.25) is 14.7 Å². The Bertz CT molecular complexity index is 969. The van der Waals surface area contributed by atoms with E-state index in [9.17, 15) is 4.79 Å². The highest BCUT2D eigenvalue weighted by Crippen LogP contribution is 2.27. The maximum absolute atomic E-state index is 12.9. The Labute approximate surface area is 163 Å². The van der Waals surface area contributed by atoms with Crippen molar-refractivity contribution in [3.63, 3.8) is 0 Å². The summed E-state index contributed by atoms with van der Waals surface area (Å²) >= 11 is 0. The Morgan fingerprint density at radius 3 is 2.75 bits per heavy atom. The van der Waals surface area contributed by atoms with Crippen molar-refractivity contribution < 1.29 is 14.7 Å². The molecule has 1 aliphatic heterocycles. The third-order valence-corrected chi connectivity index (χ3v) is 5.09. The minimum atomic E-state index is -0.250. The summed E-state index contributed by atoms with van der Waals surface area (Å²) in [5, 5.41) is 15.5. The van der Waals surface area contributed by atoms with Gasteiger partial charge in [0.2, 0.25) is 0 Å². The van der Waals surface area contributed by atoms with Gasteiger partial charge in [0.15, 0.2) is 0 Å². The number of carbonyl (C=O) groups is 2. The average Bonchev–Trinajstić information content (AvgIpc) is 3.34. The van der Waals surface area contributed by atoms with Crippen molar-refractivity contribution in [1.82, 2.24) is 20.0 Å². The second-order valence-corrected chi connectivity index (χ2v) is 6.92. The van der Waals surface area contributed by atoms with Gasteiger partial charge in [-0.1, -0.05) is 30.3 Å². The standard InChI is InChI=1S/C20H22N4O.CH2O2/c1-23-11-10-16(13-23)24(2)20(25)15-7-5-6-14(12-15)19-17-8-3-4-9-18(17)21-22-19;2-1-3/h3-9,12,16H,10-11,13H2,1-2H3,(H,21,22);1H,(H,2,3). The number of nitrogens with one attached hydrogen (secondary N) is 1. The van der Waals surface area contributed by atoms with Crippen LogP contribution in [0.3, 0.4) is 0 Å². The highest BCUT2D eigenvalue weighted by atomic mass is 16.3. The van der Waals surface area contributed by atoms with Crippen LogP contribution in [0.2, 0.25) is 0 Å². The summed E-state index contributed by atoms with van der Waals surface area (Å²) in [4.78, 5) is 25.4. The van der Waals surface area contributed by atoms with Gasteiger partial charge >= 0.3 is 0 Å². The molecule has 0 saturated carbocycles. The van der Waals surface area contributed by atoms with Gasteiger partial charge in [0.1, 0.15) is 0 Å². The molecular weight excluding hydrogens is 356 g/mol. The van der Waals surface area contributed by atoms with Crippen molar-refractivity contribution in [1.29, 1.82) is 0 Å². The number of likely N-dealkylation sites (tertiary alicyclic amines) is 1. The van der Waals surface area contributed by atoms with Crippen molar-refractivity contribution >= 4 is 23.3 Å². The van der Waals surface area contributed by atoms with Crippen LogP contribution in [0.1, 0.15) is 16.8 Å². The third-order valence-electron chi connectivity index (χ3n) is 5.09. The van der Waals surface area contributed by atoms with Crippen LogP contribution in [0, 0.1) is 0 Å². The van der Waals surface area contributed by atoms with E-state index >= 15 is 0 Å². The molecular formula is C21H24N4O3. The molecule has 4 rings (SSSR count). The first kappa shape index (κ1) is 19.6. The fraction of sp³-hybridized carbons (Fsp3) is 0.286. The Hall–Kier alpha value is -3.19. The molecule has 0 radical (unpaired) electrons. The normalized spacial score (nSPS) is 16.4. The van der Waals surface area contributed by atoms with E-state index in [-0.39, 0.29) is 18.4 Å². The third kappa shape index (κ3) is 4.04. The summed E-state index contributed by atoms with van der Waals surface area (Å²) in [5.41, 5.74) is 3.55. The first-order valence-electron chi connectivity index (χ1n) is 9.12. The molecule has 1 aliphatic rings. The number of benzene rings is 2. The number of aromatic amines is 1. The molecule has 7 nitrogen and oxygen atoms in total. The van der Waals surface area contributed by atoms with Crippen LogP contribution < -0.4 is 0 Å². The summed E-state index contributed by atoms with van der Waals surface area (Å²) in [6, 6.07) is 16.1. The SMILES string of the molecule is CN1CCC(N(C)C(=O)c2cccc(-c3n[nH]c4ccccc34)c2)C1.O=CO. The van der Waals surface area contributed by atoms with Gasteiger partial charge in [-0.15, -0.1) is 0 Å². The van der Waals surface area contributed by atoms with Crippen molar-refractivity contribution in [3.8, 4) is 11.3 Å². The maximum Gasteiger partial charge on any atom is 0.290 e. The van der Waals surface area contributed by atoms with E-state index in [0.717, 1.165) is 41.7 Å². The van der Waals surface area contributed by atoms with E-state index in [1.54, 1.807) is 0 Å². The smallest absolute Gasteiger partial charge is 0.290 e. The molecule has 2 N–H and O–H groups in total. The van der Waals surface area contributed by atoms with Crippen molar-refractivity contribution in [2.75, 3.05) is 27.2 Å². The molecule has 1 atom stereocenters. The van der Waals surface area contributed by atoms with Crippen LogP contribution in [0.4, 0.5) is 0 Å². The van der Waals surface area contributed by atoms with Crippen LogP contribution >= 0.6 is 0 Å². The molecule has 3 aromatic rings. The molecule has 1 unspecified atom stereocenters. The number of amides is 1. The minimum Gasteiger partial charge on any atom is -0.483 e. The maximum atomic E-state index is 12.9. The lowest BCUT2D eigenvalue weighted by atomic mass is 10.0. The van der Waals surface area contributed by atoms with Crippen LogP contribution in [-0.4, -0.2) is 70.7 Å². The number of fused-ring (bicyclic) bond motifs is 1. The molecule has 0 spiro atoms. The minimum absolute atomic E-state index is 0.0713. The Balaban J connectivity index is 0.000000706. The number of hydrogen-bond acceptors (Lipinski definition) is 4. The monoisotopic (exact) mass is 380 g/mol. The average molecular weight is 380 g/mol. The van der Waals surface area contributed by atoms with E-state index in [1.165, 1.54) is 0 Å². The first-order chi connectivity index (χ1) is 13.5. The highest BCUT2D eigenvalue weighted by molar-refractivity contribution is 5.98. The van der Waals surface area contributed by atoms with E-state index in [1.807, 2.05) is 60.5 Å². The van der Waals surface area contributed by atoms with E-state index in [4.69, 9.17) is 9.90 Å². The predicted molar refractivity (Wildman–Crippen MR) is 108 cm³/mol. The van der Waals surface area contributed by atoms with Gasteiger partial charge in [-0.2, -0.15) is 5.10 Å². The van der Waals surface area contributed by atoms with E-state index < -0.39 is 0 Å². The van der Waals surface area contributed by atoms with E-state index in [2.05, 4.69) is 22.1 Å². The van der Waals surface area contributed by atoms with Gasteiger partial charge < -0.3 is 14.9 Å². The van der Waals surface area contributed by atoms with Gasteiger partial charge in [0.05, 0.1) is 11.2 Å². The summed E-state index contributed by atoms with van der Waals surface area (Å²) in [6.07, 6.45) is 1.03. The molecule has 0 aliphatic carbocycles. The molecule has 28 heavy (non-hydrogen) atoms. The molecule has 7 heteroatoms. The molecule has 2 aromatic carbocycles. The summed E-state index contributed by atoms with van der Waals surface area (Å²) in [7, 11) is 4.00. The lowest BCUT2D eigenvalue weighted by Crippen LogP contribution is -2.38. The fourth-order valence-corrected chi connectivity index (χ4v) is 3.58. The van der Waals surface area contributed by atoms with Gasteiger partial charge in [0, 0.05) is 36.1 Å². The van der Waals surface area contributed by atoms with Crippen LogP contribution in [0.25, 0.3) is 22.2 Å². The Kier molecular flexibility index (Phi) is 6.06. The van der Waals surface area contributed by atoms with Crippen LogP contribution in [-0.2, 0) is 4.79 Å². The lowest BCUT2D eigenvalue weighted by molar-refractivity contribution is -0.122. The second kappa shape index (κ2) is 8.67. The molecule has 146 valence electrons. The molecule has 0 bridgehead atoms. The van der Waals surface area contributed by atoms with E-state index in [0.29, 0.717) is 5.56 Å². The highest BCUT2D eigenvalue weighted by Gasteiger charge is 2.27.